The van der Waals surface area contributed by atoms with Crippen LogP contribution in [0.25, 0.3) is 11.5 Å². The van der Waals surface area contributed by atoms with Gasteiger partial charge in [-0.25, -0.2) is 0 Å². The monoisotopic (exact) mass is 262 g/mol. The summed E-state index contributed by atoms with van der Waals surface area (Å²) in [6.45, 7) is 4.30. The van der Waals surface area contributed by atoms with Gasteiger partial charge >= 0.3 is 0 Å². The highest BCUT2D eigenvalue weighted by molar-refractivity contribution is 5.63. The predicted octanol–water partition coefficient (Wildman–Crippen LogP) is 3.04. The second-order valence-corrected chi connectivity index (χ2v) is 4.83. The Bertz CT molecular complexity index is 549. The number of ether oxygens (including phenoxy) is 1. The minimum atomic E-state index is 0.0680. The summed E-state index contributed by atoms with van der Waals surface area (Å²) in [5, 5.41) is 13.8. The number of nitrogens with zero attached hydrogens (tertiary/aromatic N) is 2. The molecule has 0 atom stereocenters. The Balaban J connectivity index is 2.18. The summed E-state index contributed by atoms with van der Waals surface area (Å²) >= 11 is 0. The van der Waals surface area contributed by atoms with Crippen molar-refractivity contribution in [3.8, 4) is 23.0 Å². The van der Waals surface area contributed by atoms with Gasteiger partial charge in [-0.1, -0.05) is 19.0 Å². The molecule has 0 aliphatic rings. The van der Waals surface area contributed by atoms with E-state index in [4.69, 9.17) is 9.26 Å². The number of aromatic hydroxyl groups is 1. The molecule has 0 bridgehead atoms. The van der Waals surface area contributed by atoms with Crippen molar-refractivity contribution in [2.75, 3.05) is 7.11 Å². The third kappa shape index (κ3) is 3.24. The molecule has 0 saturated heterocycles. The summed E-state index contributed by atoms with van der Waals surface area (Å²) in [7, 11) is 1.55. The number of rotatable bonds is 5. The van der Waals surface area contributed by atoms with Gasteiger partial charge in [0.2, 0.25) is 0 Å². The van der Waals surface area contributed by atoms with Crippen molar-refractivity contribution in [1.29, 1.82) is 0 Å². The quantitative estimate of drug-likeness (QED) is 0.897. The number of hydrogen-bond acceptors (Lipinski definition) is 5. The Morgan fingerprint density at radius 1 is 1.37 bits per heavy atom. The van der Waals surface area contributed by atoms with E-state index in [1.807, 2.05) is 0 Å². The third-order valence-corrected chi connectivity index (χ3v) is 2.85. The van der Waals surface area contributed by atoms with Gasteiger partial charge in [-0.15, -0.1) is 0 Å². The molecule has 1 aromatic carbocycles. The van der Waals surface area contributed by atoms with E-state index >= 15 is 0 Å². The second-order valence-electron chi connectivity index (χ2n) is 4.83. The largest absolute Gasteiger partial charge is 0.507 e. The van der Waals surface area contributed by atoms with Crippen LogP contribution in [-0.4, -0.2) is 22.4 Å². The summed E-state index contributed by atoms with van der Waals surface area (Å²) in [5.41, 5.74) is 0.518. The van der Waals surface area contributed by atoms with Crippen molar-refractivity contribution in [2.45, 2.75) is 26.7 Å². The topological polar surface area (TPSA) is 68.4 Å². The number of methoxy groups -OCH3 is 1. The lowest BCUT2D eigenvalue weighted by Gasteiger charge is -2.02. The van der Waals surface area contributed by atoms with Gasteiger partial charge in [0, 0.05) is 12.5 Å². The lowest BCUT2D eigenvalue weighted by Crippen LogP contribution is -1.94. The fraction of sp³-hybridized carbons (Fsp3) is 0.429. The highest BCUT2D eigenvalue weighted by Crippen LogP contribution is 2.31. The van der Waals surface area contributed by atoms with Gasteiger partial charge in [0.15, 0.2) is 5.82 Å². The van der Waals surface area contributed by atoms with E-state index in [1.54, 1.807) is 19.2 Å². The van der Waals surface area contributed by atoms with Crippen LogP contribution in [0.4, 0.5) is 0 Å². The Labute approximate surface area is 112 Å². The molecule has 0 aliphatic heterocycles. The van der Waals surface area contributed by atoms with Crippen molar-refractivity contribution in [3.63, 3.8) is 0 Å². The first-order valence-electron chi connectivity index (χ1n) is 6.30. The third-order valence-electron chi connectivity index (χ3n) is 2.85. The molecule has 5 nitrogen and oxygen atoms in total. The zero-order valence-electron chi connectivity index (χ0n) is 11.4. The normalized spacial score (nSPS) is 10.9. The SMILES string of the molecule is COc1ccc(-c2nc(CCC(C)C)no2)c(O)c1. The number of aromatic nitrogens is 2. The molecule has 102 valence electrons. The first-order chi connectivity index (χ1) is 9.10. The summed E-state index contributed by atoms with van der Waals surface area (Å²) in [4.78, 5) is 4.29. The average Bonchev–Trinajstić information content (AvgIpc) is 2.84. The number of phenolic OH excluding ortho intramolecular Hbond substituents is 1. The molecule has 0 aliphatic carbocycles. The van der Waals surface area contributed by atoms with Crippen LogP contribution in [0.2, 0.25) is 0 Å². The molecular formula is C14H18N2O3. The van der Waals surface area contributed by atoms with Crippen molar-refractivity contribution in [3.05, 3.63) is 24.0 Å². The average molecular weight is 262 g/mol. The van der Waals surface area contributed by atoms with E-state index < -0.39 is 0 Å². The van der Waals surface area contributed by atoms with Crippen LogP contribution in [0, 0.1) is 5.92 Å². The number of hydrogen-bond donors (Lipinski definition) is 1. The molecular weight excluding hydrogens is 244 g/mol. The van der Waals surface area contributed by atoms with Gasteiger partial charge in [0.05, 0.1) is 12.7 Å². The maximum atomic E-state index is 9.90. The van der Waals surface area contributed by atoms with E-state index in [0.717, 1.165) is 12.8 Å². The van der Waals surface area contributed by atoms with Gasteiger partial charge in [0.25, 0.3) is 5.89 Å². The Morgan fingerprint density at radius 2 is 2.16 bits per heavy atom. The van der Waals surface area contributed by atoms with E-state index in [0.29, 0.717) is 28.9 Å². The van der Waals surface area contributed by atoms with Crippen LogP contribution in [0.1, 0.15) is 26.1 Å². The molecule has 1 aromatic heterocycles. The van der Waals surface area contributed by atoms with Gasteiger partial charge in [-0.2, -0.15) is 4.98 Å². The second kappa shape index (κ2) is 5.73. The zero-order chi connectivity index (χ0) is 13.8. The maximum Gasteiger partial charge on any atom is 0.261 e. The Hall–Kier alpha value is -2.04. The molecule has 0 spiro atoms. The first kappa shape index (κ1) is 13.4. The van der Waals surface area contributed by atoms with Gasteiger partial charge in [0.1, 0.15) is 11.5 Å². The minimum Gasteiger partial charge on any atom is -0.507 e. The van der Waals surface area contributed by atoms with Gasteiger partial charge in [-0.05, 0) is 24.5 Å². The zero-order valence-corrected chi connectivity index (χ0v) is 11.4. The summed E-state index contributed by atoms with van der Waals surface area (Å²) in [6, 6.07) is 4.97. The molecule has 0 radical (unpaired) electrons. The molecule has 5 heteroatoms. The van der Waals surface area contributed by atoms with Crippen molar-refractivity contribution < 1.29 is 14.4 Å². The van der Waals surface area contributed by atoms with E-state index in [9.17, 15) is 5.11 Å². The lowest BCUT2D eigenvalue weighted by molar-refractivity contribution is 0.403. The molecule has 2 rings (SSSR count). The van der Waals surface area contributed by atoms with Gasteiger partial charge < -0.3 is 14.4 Å². The smallest absolute Gasteiger partial charge is 0.261 e. The fourth-order valence-electron chi connectivity index (χ4n) is 1.70. The fourth-order valence-corrected chi connectivity index (χ4v) is 1.70. The summed E-state index contributed by atoms with van der Waals surface area (Å²) < 4.78 is 10.2. The summed E-state index contributed by atoms with van der Waals surface area (Å²) in [6.07, 6.45) is 1.78. The maximum absolute atomic E-state index is 9.90. The molecule has 2 aromatic rings. The Kier molecular flexibility index (Phi) is 4.04. The van der Waals surface area contributed by atoms with Crippen LogP contribution in [0.15, 0.2) is 22.7 Å². The van der Waals surface area contributed by atoms with E-state index in [-0.39, 0.29) is 5.75 Å². The standard InChI is InChI=1S/C14H18N2O3/c1-9(2)4-7-13-15-14(19-16-13)11-6-5-10(18-3)8-12(11)17/h5-6,8-9,17H,4,7H2,1-3H3. The van der Waals surface area contributed by atoms with Crippen LogP contribution in [0.3, 0.4) is 0 Å². The van der Waals surface area contributed by atoms with Crippen molar-refractivity contribution in [1.82, 2.24) is 10.1 Å². The van der Waals surface area contributed by atoms with Crippen molar-refractivity contribution >= 4 is 0 Å². The molecule has 1 heterocycles. The van der Waals surface area contributed by atoms with Crippen LogP contribution in [0.5, 0.6) is 11.5 Å². The van der Waals surface area contributed by atoms with Gasteiger partial charge in [-0.3, -0.25) is 0 Å². The van der Waals surface area contributed by atoms with E-state index in [2.05, 4.69) is 24.0 Å². The number of aryl methyl sites for hydroxylation is 1. The van der Waals surface area contributed by atoms with Crippen LogP contribution in [-0.2, 0) is 6.42 Å². The lowest BCUT2D eigenvalue weighted by atomic mass is 10.1. The number of benzene rings is 1. The van der Waals surface area contributed by atoms with Crippen molar-refractivity contribution in [2.24, 2.45) is 5.92 Å². The highest BCUT2D eigenvalue weighted by Gasteiger charge is 2.13. The molecule has 19 heavy (non-hydrogen) atoms. The van der Waals surface area contributed by atoms with E-state index in [1.165, 1.54) is 6.07 Å². The molecule has 0 saturated carbocycles. The number of phenols is 1. The molecule has 0 unspecified atom stereocenters. The first-order valence-corrected chi connectivity index (χ1v) is 6.30. The summed E-state index contributed by atoms with van der Waals surface area (Å²) in [5.74, 6) is 2.24. The Morgan fingerprint density at radius 3 is 2.79 bits per heavy atom. The van der Waals surface area contributed by atoms with Crippen LogP contribution >= 0.6 is 0 Å². The van der Waals surface area contributed by atoms with Crippen LogP contribution < -0.4 is 4.74 Å². The highest BCUT2D eigenvalue weighted by atomic mass is 16.5. The molecule has 0 fully saturated rings. The predicted molar refractivity (Wildman–Crippen MR) is 71.1 cm³/mol. The molecule has 1 N–H and O–H groups in total. The molecule has 0 amide bonds. The minimum absolute atomic E-state index is 0.0680.